The molecule has 282 valence electrons. The summed E-state index contributed by atoms with van der Waals surface area (Å²) in [6, 6.07) is 3.24. The molecule has 52 heavy (non-hydrogen) atoms. The van der Waals surface area contributed by atoms with E-state index in [0.29, 0.717) is 11.1 Å². The average Bonchev–Trinajstić information content (AvgIpc) is 3.61. The Balaban J connectivity index is 1.25. The van der Waals surface area contributed by atoms with Crippen molar-refractivity contribution in [1.82, 2.24) is 9.80 Å². The Morgan fingerprint density at radius 2 is 1.13 bits per heavy atom. The van der Waals surface area contributed by atoms with Crippen molar-refractivity contribution in [3.05, 3.63) is 59.7 Å². The van der Waals surface area contributed by atoms with Crippen molar-refractivity contribution in [1.29, 1.82) is 0 Å². The first-order chi connectivity index (χ1) is 24.4. The van der Waals surface area contributed by atoms with Gasteiger partial charge in [-0.05, 0) is 25.0 Å². The number of hydrogen-bond acceptors (Lipinski definition) is 14. The van der Waals surface area contributed by atoms with Crippen molar-refractivity contribution >= 4 is 50.6 Å². The molecule has 0 radical (unpaired) electrons. The molecule has 2 saturated heterocycles. The molecule has 18 nitrogen and oxygen atoms in total. The normalized spacial score (nSPS) is 23.9. The van der Waals surface area contributed by atoms with Gasteiger partial charge in [0.2, 0.25) is 0 Å². The summed E-state index contributed by atoms with van der Waals surface area (Å²) in [6.07, 6.45) is -1.92. The summed E-state index contributed by atoms with van der Waals surface area (Å²) in [7, 11) is -10.7. The quantitative estimate of drug-likeness (QED) is 0.125. The van der Waals surface area contributed by atoms with Crippen LogP contribution in [0.3, 0.4) is 0 Å². The summed E-state index contributed by atoms with van der Waals surface area (Å²) in [5.41, 5.74) is 1.23. The van der Waals surface area contributed by atoms with Gasteiger partial charge in [0.05, 0.1) is 48.8 Å². The van der Waals surface area contributed by atoms with Crippen LogP contribution in [-0.4, -0.2) is 122 Å². The molecule has 21 heteroatoms. The molecule has 2 aromatic carbocycles. The maximum Gasteiger partial charge on any atom is 0.288 e. The number of hydrogen-bond donors (Lipinski definition) is 5. The van der Waals surface area contributed by atoms with E-state index in [2.05, 4.69) is 23.8 Å². The number of nitrogens with one attached hydrogen (secondary N) is 2. The zero-order valence-electron chi connectivity index (χ0n) is 28.0. The molecule has 4 heterocycles. The molecular formula is C31H37N4O14PS2. The summed E-state index contributed by atoms with van der Waals surface area (Å²) in [5.74, 6) is -1.23. The van der Waals surface area contributed by atoms with E-state index in [-0.39, 0.29) is 71.4 Å². The first kappa shape index (κ1) is 37.4. The van der Waals surface area contributed by atoms with E-state index in [0.717, 1.165) is 0 Å². The number of anilines is 2. The fourth-order valence-corrected chi connectivity index (χ4v) is 9.57. The van der Waals surface area contributed by atoms with Crippen molar-refractivity contribution in [2.45, 2.75) is 35.7 Å². The highest BCUT2D eigenvalue weighted by Gasteiger charge is 2.47. The van der Waals surface area contributed by atoms with Gasteiger partial charge in [0.15, 0.2) is 40.9 Å². The van der Waals surface area contributed by atoms with Gasteiger partial charge in [-0.15, -0.1) is 0 Å². The van der Waals surface area contributed by atoms with E-state index in [1.807, 2.05) is 0 Å². The smallest absolute Gasteiger partial charge is 0.288 e. The maximum atomic E-state index is 13.8. The predicted octanol–water partition coefficient (Wildman–Crippen LogP) is 2.21. The van der Waals surface area contributed by atoms with Crippen LogP contribution in [0, 0.1) is 0 Å². The van der Waals surface area contributed by atoms with E-state index in [1.165, 1.54) is 48.3 Å². The van der Waals surface area contributed by atoms with E-state index in [1.54, 1.807) is 0 Å². The van der Waals surface area contributed by atoms with Gasteiger partial charge in [-0.1, -0.05) is 24.3 Å². The molecule has 5 N–H and O–H groups in total. The Morgan fingerprint density at radius 3 is 1.46 bits per heavy atom. The van der Waals surface area contributed by atoms with Crippen molar-refractivity contribution in [2.24, 2.45) is 0 Å². The molecule has 2 amide bonds. The summed E-state index contributed by atoms with van der Waals surface area (Å²) in [4.78, 5) is 29.6. The Labute approximate surface area is 299 Å². The third-order valence-electron chi connectivity index (χ3n) is 9.28. The number of nitrogens with zero attached hydrogens (tertiary/aromatic N) is 2. The molecule has 0 spiro atoms. The van der Waals surface area contributed by atoms with Crippen LogP contribution in [0.15, 0.2) is 48.6 Å². The van der Waals surface area contributed by atoms with Crippen LogP contribution in [0.1, 0.15) is 33.6 Å². The number of aliphatic hydroxyl groups excluding tert-OH is 1. The van der Waals surface area contributed by atoms with Gasteiger partial charge in [0.25, 0.3) is 32.1 Å². The highest BCUT2D eigenvalue weighted by Crippen LogP contribution is 2.48. The predicted molar refractivity (Wildman–Crippen MR) is 187 cm³/mol. The molecule has 2 unspecified atom stereocenters. The van der Waals surface area contributed by atoms with Crippen LogP contribution in [-0.2, 0) is 24.8 Å². The number of benzene rings is 2. The zero-order valence-corrected chi connectivity index (χ0v) is 30.5. The molecule has 0 aromatic heterocycles. The van der Waals surface area contributed by atoms with E-state index >= 15 is 0 Å². The number of rotatable bonds is 11. The lowest BCUT2D eigenvalue weighted by atomic mass is 10.1. The summed E-state index contributed by atoms with van der Waals surface area (Å²) in [6.45, 7) is 7.87. The minimum Gasteiger partial charge on any atom is -0.493 e. The van der Waals surface area contributed by atoms with Crippen LogP contribution in [0.25, 0.3) is 0 Å². The van der Waals surface area contributed by atoms with E-state index < -0.39 is 81.1 Å². The molecule has 4 aliphatic rings. The van der Waals surface area contributed by atoms with Crippen LogP contribution in [0.2, 0.25) is 0 Å². The van der Waals surface area contributed by atoms with Crippen LogP contribution in [0.4, 0.5) is 11.4 Å². The lowest BCUT2D eigenvalue weighted by Crippen LogP contribution is -2.47. The van der Waals surface area contributed by atoms with Gasteiger partial charge in [0.1, 0.15) is 19.0 Å². The van der Waals surface area contributed by atoms with Crippen molar-refractivity contribution in [2.75, 3.05) is 57.0 Å². The van der Waals surface area contributed by atoms with Crippen LogP contribution < -0.4 is 29.6 Å². The van der Waals surface area contributed by atoms with Gasteiger partial charge in [0, 0.05) is 25.2 Å². The average molecular weight is 785 g/mol. The monoisotopic (exact) mass is 784 g/mol. The second-order valence-corrected chi connectivity index (χ2v) is 18.9. The highest BCUT2D eigenvalue weighted by atomic mass is 32.2. The Morgan fingerprint density at radius 1 is 0.750 bits per heavy atom. The zero-order chi connectivity index (χ0) is 37.9. The standard InChI is InChI=1S/C31H37N4O14PS2/c1-16-5-22-28(51(40,41)42)32-20-9-26(24(46-3)7-18(20)30(37)34(22)11-16)48-14-50(39,13-36)15-49-27-10-21-19(8-25(27)47-4)31(38)35-12-17(2)6-23(35)29(33-21)52(43,44)45/h7-10,22-23,28-29,32-33,36H,1-2,5-6,11-15H2,3-4H3,(H,40,41,42)(H,43,44,45)/t22-,23-,28?,29?,50?/m0/s1. The largest absolute Gasteiger partial charge is 0.493 e. The number of ether oxygens (including phenoxy) is 4. The Hall–Kier alpha value is -4.33. The topological polar surface area (TPSA) is 248 Å². The summed E-state index contributed by atoms with van der Waals surface area (Å²) >= 11 is 0. The first-order valence-electron chi connectivity index (χ1n) is 15.7. The van der Waals surface area contributed by atoms with E-state index in [9.17, 15) is 45.2 Å². The minimum absolute atomic E-state index is 0.0109. The van der Waals surface area contributed by atoms with Crippen molar-refractivity contribution < 1.29 is 64.1 Å². The van der Waals surface area contributed by atoms with Gasteiger partial charge in [-0.25, -0.2) is 0 Å². The molecule has 6 rings (SSSR count). The van der Waals surface area contributed by atoms with Gasteiger partial charge in [-0.3, -0.25) is 18.7 Å². The number of aliphatic hydroxyl groups is 1. The number of fused-ring (bicyclic) bond motifs is 4. The van der Waals surface area contributed by atoms with Crippen molar-refractivity contribution in [3.63, 3.8) is 0 Å². The van der Waals surface area contributed by atoms with Gasteiger partial charge < -0.3 is 49.1 Å². The van der Waals surface area contributed by atoms with Crippen molar-refractivity contribution in [3.8, 4) is 23.0 Å². The van der Waals surface area contributed by atoms with Crippen LogP contribution >= 0.6 is 7.14 Å². The van der Waals surface area contributed by atoms with Gasteiger partial charge in [-0.2, -0.15) is 16.8 Å². The Kier molecular flexibility index (Phi) is 9.77. The minimum atomic E-state index is -4.72. The maximum absolute atomic E-state index is 13.8. The molecule has 2 fully saturated rings. The number of methoxy groups -OCH3 is 2. The number of carbonyl (C=O) groups is 2. The third-order valence-corrected chi connectivity index (χ3v) is 13.1. The summed E-state index contributed by atoms with van der Waals surface area (Å²) < 4.78 is 106. The number of carbonyl (C=O) groups excluding carboxylic acids is 2. The van der Waals surface area contributed by atoms with E-state index in [4.69, 9.17) is 18.9 Å². The van der Waals surface area contributed by atoms with Crippen LogP contribution in [0.5, 0.6) is 23.0 Å². The SMILES string of the molecule is C=C1C[C@H]2C(S(=O)(=O)O)Nc3cc(OCP(=O)(CO)COc4cc5c(cc4OC)C(=O)N4CC(=C)C[C@H]4C(S(=O)(=O)O)N5)c(OC)cc3C(=O)N2C1. The lowest BCUT2D eigenvalue weighted by Gasteiger charge is -2.26. The molecule has 0 aliphatic carbocycles. The number of amides is 2. The van der Waals surface area contributed by atoms with Gasteiger partial charge >= 0.3 is 0 Å². The fraction of sp³-hybridized carbons (Fsp3) is 0.419. The molecule has 4 atom stereocenters. The molecule has 2 aromatic rings. The first-order valence-corrected chi connectivity index (χ1v) is 20.9. The molecule has 4 aliphatic heterocycles. The molecule has 0 bridgehead atoms. The summed E-state index contributed by atoms with van der Waals surface area (Å²) in [5, 5.41) is 12.4. The Bertz CT molecular complexity index is 2000. The highest BCUT2D eigenvalue weighted by molar-refractivity contribution is 7.86. The fourth-order valence-electron chi connectivity index (χ4n) is 6.75. The lowest BCUT2D eigenvalue weighted by molar-refractivity contribution is 0.0737. The molecule has 0 saturated carbocycles. The third kappa shape index (κ3) is 6.93. The second kappa shape index (κ2) is 13.6. The second-order valence-electron chi connectivity index (χ2n) is 12.9. The molecular weight excluding hydrogens is 747 g/mol.